The summed E-state index contributed by atoms with van der Waals surface area (Å²) in [6, 6.07) is 12.2. The molecule has 1 amide bonds. The number of primary sulfonamides is 1. The maximum absolute atomic E-state index is 12.6. The first-order valence-corrected chi connectivity index (χ1v) is 10.8. The number of nitrogens with zero attached hydrogens (tertiary/aromatic N) is 2. The monoisotopic (exact) mass is 422 g/mol. The third-order valence-corrected chi connectivity index (χ3v) is 5.99. The first kappa shape index (κ1) is 20.6. The molecule has 0 spiro atoms. The molecule has 1 saturated heterocycles. The summed E-state index contributed by atoms with van der Waals surface area (Å²) in [6.45, 7) is 3.19. The molecule has 28 heavy (non-hydrogen) atoms. The van der Waals surface area contributed by atoms with Gasteiger partial charge in [0.25, 0.3) is 5.91 Å². The number of piperazine rings is 1. The van der Waals surface area contributed by atoms with Crippen molar-refractivity contribution in [1.82, 2.24) is 10.2 Å². The third kappa shape index (κ3) is 4.82. The minimum atomic E-state index is -4.03. The fraction of sp³-hybridized carbons (Fsp3) is 0.316. The van der Waals surface area contributed by atoms with Crippen LogP contribution in [0.4, 0.5) is 5.69 Å². The molecule has 1 heterocycles. The number of amides is 1. The maximum atomic E-state index is 12.6. The molecule has 150 valence electrons. The Kier molecular flexibility index (Phi) is 6.24. The molecule has 0 saturated carbocycles. The van der Waals surface area contributed by atoms with Gasteiger partial charge in [-0.2, -0.15) is 0 Å². The minimum absolute atomic E-state index is 0.0829. The van der Waals surface area contributed by atoms with Gasteiger partial charge in [0, 0.05) is 32.7 Å². The summed E-state index contributed by atoms with van der Waals surface area (Å²) < 4.78 is 24.4. The van der Waals surface area contributed by atoms with Gasteiger partial charge in [0.2, 0.25) is 10.0 Å². The summed E-state index contributed by atoms with van der Waals surface area (Å²) in [5, 5.41) is 8.38. The van der Waals surface area contributed by atoms with E-state index in [-0.39, 0.29) is 15.5 Å². The minimum Gasteiger partial charge on any atom is -0.368 e. The Hall–Kier alpha value is -2.13. The maximum Gasteiger partial charge on any atom is 0.253 e. The van der Waals surface area contributed by atoms with E-state index in [0.717, 1.165) is 18.7 Å². The Morgan fingerprint density at radius 1 is 1.14 bits per heavy atom. The summed E-state index contributed by atoms with van der Waals surface area (Å²) in [5.74, 6) is -0.455. The van der Waals surface area contributed by atoms with E-state index >= 15 is 0 Å². The highest BCUT2D eigenvalue weighted by Gasteiger charge is 2.25. The number of benzene rings is 2. The normalized spacial score (nSPS) is 15.5. The SMILES string of the molecule is CN1CCN(c2cc(Cl)c(C(=O)NCc3ccccc3)cc2S(N)(=O)=O)CC1. The van der Waals surface area contributed by atoms with Gasteiger partial charge in [-0.3, -0.25) is 4.79 Å². The van der Waals surface area contributed by atoms with Gasteiger partial charge in [-0.05, 0) is 24.7 Å². The zero-order chi connectivity index (χ0) is 20.3. The van der Waals surface area contributed by atoms with Gasteiger partial charge in [0.1, 0.15) is 4.90 Å². The van der Waals surface area contributed by atoms with Crippen LogP contribution in [0.1, 0.15) is 15.9 Å². The Labute approximate surface area is 170 Å². The second-order valence-electron chi connectivity index (χ2n) is 6.80. The molecule has 0 aromatic heterocycles. The van der Waals surface area contributed by atoms with Crippen LogP contribution in [0.15, 0.2) is 47.4 Å². The second kappa shape index (κ2) is 8.48. The zero-order valence-corrected chi connectivity index (χ0v) is 17.1. The van der Waals surface area contributed by atoms with Gasteiger partial charge in [-0.1, -0.05) is 41.9 Å². The lowest BCUT2D eigenvalue weighted by molar-refractivity contribution is 0.0951. The summed E-state index contributed by atoms with van der Waals surface area (Å²) in [5.41, 5.74) is 1.44. The molecule has 0 radical (unpaired) electrons. The first-order valence-electron chi connectivity index (χ1n) is 8.87. The number of hydrogen-bond donors (Lipinski definition) is 2. The van der Waals surface area contributed by atoms with Gasteiger partial charge in [0.05, 0.1) is 16.3 Å². The first-order chi connectivity index (χ1) is 13.3. The van der Waals surface area contributed by atoms with Crippen molar-refractivity contribution in [2.45, 2.75) is 11.4 Å². The summed E-state index contributed by atoms with van der Waals surface area (Å²) in [4.78, 5) is 16.6. The van der Waals surface area contributed by atoms with E-state index in [1.807, 2.05) is 42.3 Å². The van der Waals surface area contributed by atoms with Gasteiger partial charge >= 0.3 is 0 Å². The van der Waals surface area contributed by atoms with Crippen LogP contribution in [0.25, 0.3) is 0 Å². The number of nitrogens with two attached hydrogens (primary N) is 1. The smallest absolute Gasteiger partial charge is 0.253 e. The van der Waals surface area contributed by atoms with Crippen molar-refractivity contribution in [3.63, 3.8) is 0 Å². The molecule has 7 nitrogen and oxygen atoms in total. The Morgan fingerprint density at radius 2 is 1.79 bits per heavy atom. The van der Waals surface area contributed by atoms with E-state index in [1.165, 1.54) is 12.1 Å². The van der Waals surface area contributed by atoms with E-state index in [0.29, 0.717) is 25.3 Å². The number of nitrogens with one attached hydrogen (secondary N) is 1. The molecular weight excluding hydrogens is 400 g/mol. The van der Waals surface area contributed by atoms with E-state index in [9.17, 15) is 13.2 Å². The molecule has 2 aromatic carbocycles. The lowest BCUT2D eigenvalue weighted by Gasteiger charge is -2.35. The van der Waals surface area contributed by atoms with Crippen molar-refractivity contribution in [2.24, 2.45) is 5.14 Å². The highest BCUT2D eigenvalue weighted by molar-refractivity contribution is 7.89. The van der Waals surface area contributed by atoms with Crippen LogP contribution < -0.4 is 15.4 Å². The number of carbonyl (C=O) groups excluding carboxylic acids is 1. The summed E-state index contributed by atoms with van der Waals surface area (Å²) >= 11 is 6.34. The molecule has 0 unspecified atom stereocenters. The average Bonchev–Trinajstić information content (AvgIpc) is 2.66. The largest absolute Gasteiger partial charge is 0.368 e. The Balaban J connectivity index is 1.89. The molecular formula is C19H23ClN4O3S. The highest BCUT2D eigenvalue weighted by atomic mass is 35.5. The lowest BCUT2D eigenvalue weighted by atomic mass is 10.1. The zero-order valence-electron chi connectivity index (χ0n) is 15.6. The van der Waals surface area contributed by atoms with Crippen LogP contribution in [-0.2, 0) is 16.6 Å². The van der Waals surface area contributed by atoms with Crippen molar-refractivity contribution < 1.29 is 13.2 Å². The van der Waals surface area contributed by atoms with Crippen molar-refractivity contribution in [2.75, 3.05) is 38.1 Å². The van der Waals surface area contributed by atoms with Gasteiger partial charge in [-0.15, -0.1) is 0 Å². The molecule has 1 aliphatic heterocycles. The molecule has 0 atom stereocenters. The van der Waals surface area contributed by atoms with E-state index in [4.69, 9.17) is 16.7 Å². The van der Waals surface area contributed by atoms with Crippen molar-refractivity contribution in [3.8, 4) is 0 Å². The molecule has 3 rings (SSSR count). The standard InChI is InChI=1S/C19H23ClN4O3S/c1-23-7-9-24(10-8-23)17-12-16(20)15(11-18(17)28(21,26)27)19(25)22-13-14-5-3-2-4-6-14/h2-6,11-12H,7-10,13H2,1H3,(H,22,25)(H2,21,26,27). The number of carbonyl (C=O) groups is 1. The summed E-state index contributed by atoms with van der Waals surface area (Å²) in [7, 11) is -2.03. The number of halogens is 1. The second-order valence-corrected chi connectivity index (χ2v) is 8.74. The molecule has 9 heteroatoms. The molecule has 2 aromatic rings. The fourth-order valence-corrected chi connectivity index (χ4v) is 4.12. The number of sulfonamides is 1. The number of likely N-dealkylation sites (N-methyl/N-ethyl adjacent to an activating group) is 1. The van der Waals surface area contributed by atoms with Crippen molar-refractivity contribution in [1.29, 1.82) is 0 Å². The molecule has 1 fully saturated rings. The van der Waals surface area contributed by atoms with E-state index in [2.05, 4.69) is 10.2 Å². The van der Waals surface area contributed by atoms with E-state index < -0.39 is 15.9 Å². The molecule has 3 N–H and O–H groups in total. The van der Waals surface area contributed by atoms with Crippen LogP contribution in [0.2, 0.25) is 5.02 Å². The lowest BCUT2D eigenvalue weighted by Crippen LogP contribution is -2.45. The van der Waals surface area contributed by atoms with Crippen LogP contribution in [-0.4, -0.2) is 52.5 Å². The topological polar surface area (TPSA) is 95.7 Å². The molecule has 0 aliphatic carbocycles. The van der Waals surface area contributed by atoms with Crippen LogP contribution in [0, 0.1) is 0 Å². The number of rotatable bonds is 5. The summed E-state index contributed by atoms with van der Waals surface area (Å²) in [6.07, 6.45) is 0. The predicted molar refractivity (Wildman–Crippen MR) is 110 cm³/mol. The molecule has 1 aliphatic rings. The van der Waals surface area contributed by atoms with Crippen molar-refractivity contribution >= 4 is 33.2 Å². The Morgan fingerprint density at radius 3 is 2.39 bits per heavy atom. The predicted octanol–water partition coefficient (Wildman–Crippen LogP) is 1.67. The number of hydrogen-bond acceptors (Lipinski definition) is 5. The third-order valence-electron chi connectivity index (χ3n) is 4.74. The molecule has 0 bridgehead atoms. The fourth-order valence-electron chi connectivity index (χ4n) is 3.11. The van der Waals surface area contributed by atoms with Gasteiger partial charge in [-0.25, -0.2) is 13.6 Å². The highest BCUT2D eigenvalue weighted by Crippen LogP contribution is 2.31. The quantitative estimate of drug-likeness (QED) is 0.764. The van der Waals surface area contributed by atoms with E-state index in [1.54, 1.807) is 0 Å². The van der Waals surface area contributed by atoms with Gasteiger partial charge < -0.3 is 15.1 Å². The van der Waals surface area contributed by atoms with Crippen molar-refractivity contribution in [3.05, 3.63) is 58.6 Å². The van der Waals surface area contributed by atoms with Crippen LogP contribution in [0.3, 0.4) is 0 Å². The van der Waals surface area contributed by atoms with Crippen LogP contribution in [0.5, 0.6) is 0 Å². The van der Waals surface area contributed by atoms with Gasteiger partial charge in [0.15, 0.2) is 0 Å². The Bertz CT molecular complexity index is 959. The number of anilines is 1. The average molecular weight is 423 g/mol. The van der Waals surface area contributed by atoms with Crippen LogP contribution >= 0.6 is 11.6 Å².